The minimum atomic E-state index is -4.62. The Morgan fingerprint density at radius 3 is 2.27 bits per heavy atom. The highest BCUT2D eigenvalue weighted by atomic mass is 35.5. The smallest absolute Gasteiger partial charge is 0.249 e. The topological polar surface area (TPSA) is 49.4 Å². The van der Waals surface area contributed by atoms with E-state index in [1.807, 2.05) is 0 Å². The number of nitrogens with one attached hydrogen (secondary N) is 1. The first-order chi connectivity index (χ1) is 9.78. The highest BCUT2D eigenvalue weighted by molar-refractivity contribution is 7.89. The average molecular weight is 363 g/mol. The van der Waals surface area contributed by atoms with Crippen LogP contribution < -0.4 is 5.32 Å². The summed E-state index contributed by atoms with van der Waals surface area (Å²) in [5, 5.41) is 2.87. The van der Waals surface area contributed by atoms with Gasteiger partial charge in [-0.25, -0.2) is 26.0 Å². The molecule has 1 aliphatic rings. The van der Waals surface area contributed by atoms with Gasteiger partial charge in [-0.1, -0.05) is 0 Å². The van der Waals surface area contributed by atoms with Gasteiger partial charge in [0.2, 0.25) is 10.0 Å². The Balaban J connectivity index is 0.00000242. The Hall–Kier alpha value is -0.900. The molecule has 0 spiro atoms. The minimum absolute atomic E-state index is 0. The molecule has 2 rings (SSSR count). The van der Waals surface area contributed by atoms with Gasteiger partial charge >= 0.3 is 0 Å². The molecule has 4 nitrogen and oxygen atoms in total. The third kappa shape index (κ3) is 3.37. The standard InChI is InChI=1S/C12H14F4N2O2S.ClH/c1-17-5-7-2-3-18(6-7)21(19,20)12-10(15)8(13)4-9(14)11(12)16;/h4,7,17H,2-3,5-6H2,1H3;1H. The second-order valence-corrected chi connectivity index (χ2v) is 6.75. The van der Waals surface area contributed by atoms with Gasteiger partial charge in [0.1, 0.15) is 0 Å². The molecule has 1 fully saturated rings. The van der Waals surface area contributed by atoms with Gasteiger partial charge in [0, 0.05) is 19.2 Å². The molecule has 1 atom stereocenters. The van der Waals surface area contributed by atoms with Gasteiger partial charge in [-0.2, -0.15) is 4.31 Å². The van der Waals surface area contributed by atoms with E-state index in [-0.39, 0.29) is 37.5 Å². The summed E-state index contributed by atoms with van der Waals surface area (Å²) in [6, 6.07) is -0.0164. The van der Waals surface area contributed by atoms with Gasteiger partial charge in [-0.05, 0) is 25.9 Å². The van der Waals surface area contributed by atoms with Crippen LogP contribution >= 0.6 is 12.4 Å². The summed E-state index contributed by atoms with van der Waals surface area (Å²) in [6.07, 6.45) is 0.501. The molecule has 1 aromatic rings. The van der Waals surface area contributed by atoms with Crippen LogP contribution in [0, 0.1) is 29.2 Å². The van der Waals surface area contributed by atoms with E-state index in [0.29, 0.717) is 13.0 Å². The second-order valence-electron chi connectivity index (χ2n) is 4.87. The first-order valence-corrected chi connectivity index (χ1v) is 7.70. The maximum absolute atomic E-state index is 13.6. The van der Waals surface area contributed by atoms with E-state index in [1.165, 1.54) is 0 Å². The zero-order chi connectivity index (χ0) is 15.8. The minimum Gasteiger partial charge on any atom is -0.319 e. The Morgan fingerprint density at radius 1 is 1.23 bits per heavy atom. The van der Waals surface area contributed by atoms with Crippen LogP contribution in [0.3, 0.4) is 0 Å². The van der Waals surface area contributed by atoms with Crippen molar-refractivity contribution in [3.8, 4) is 0 Å². The van der Waals surface area contributed by atoms with Gasteiger partial charge in [0.15, 0.2) is 28.2 Å². The van der Waals surface area contributed by atoms with Gasteiger partial charge in [0.25, 0.3) is 0 Å². The molecule has 0 bridgehead atoms. The fraction of sp³-hybridized carbons (Fsp3) is 0.500. The van der Waals surface area contributed by atoms with E-state index in [1.54, 1.807) is 7.05 Å². The monoisotopic (exact) mass is 362 g/mol. The maximum atomic E-state index is 13.6. The van der Waals surface area contributed by atoms with E-state index in [9.17, 15) is 26.0 Å². The number of sulfonamides is 1. The highest BCUT2D eigenvalue weighted by Gasteiger charge is 2.38. The predicted octanol–water partition coefficient (Wildman–Crippen LogP) is 1.89. The number of hydrogen-bond acceptors (Lipinski definition) is 3. The van der Waals surface area contributed by atoms with Crippen LogP contribution in [0.2, 0.25) is 0 Å². The van der Waals surface area contributed by atoms with Crippen molar-refractivity contribution in [1.82, 2.24) is 9.62 Å². The van der Waals surface area contributed by atoms with Gasteiger partial charge < -0.3 is 5.32 Å². The maximum Gasteiger partial charge on any atom is 0.249 e. The molecule has 0 aromatic heterocycles. The molecule has 1 unspecified atom stereocenters. The van der Waals surface area contributed by atoms with Crippen LogP contribution in [-0.2, 0) is 10.0 Å². The summed E-state index contributed by atoms with van der Waals surface area (Å²) in [5.74, 6) is -7.29. The Bertz CT molecular complexity index is 631. The van der Waals surface area contributed by atoms with E-state index in [4.69, 9.17) is 0 Å². The van der Waals surface area contributed by atoms with Gasteiger partial charge in [-0.3, -0.25) is 0 Å². The fourth-order valence-electron chi connectivity index (χ4n) is 2.38. The molecular formula is C12H15ClF4N2O2S. The summed E-state index contributed by atoms with van der Waals surface area (Å²) in [6.45, 7) is 0.625. The van der Waals surface area contributed by atoms with Gasteiger partial charge in [-0.15, -0.1) is 12.4 Å². The molecular weight excluding hydrogens is 348 g/mol. The Labute approximate surface area is 132 Å². The van der Waals surface area contributed by atoms with E-state index in [0.717, 1.165) is 4.31 Å². The lowest BCUT2D eigenvalue weighted by Crippen LogP contribution is -2.32. The Kier molecular flexibility index (Phi) is 6.19. The van der Waals surface area contributed by atoms with Crippen molar-refractivity contribution < 1.29 is 26.0 Å². The van der Waals surface area contributed by atoms with Crippen LogP contribution in [-0.4, -0.2) is 39.4 Å². The molecule has 10 heteroatoms. The van der Waals surface area contributed by atoms with Gasteiger partial charge in [0.05, 0.1) is 0 Å². The van der Waals surface area contributed by atoms with Crippen LogP contribution in [0.1, 0.15) is 6.42 Å². The average Bonchev–Trinajstić information content (AvgIpc) is 2.86. The normalized spacial score (nSPS) is 19.2. The predicted molar refractivity (Wildman–Crippen MR) is 74.3 cm³/mol. The molecule has 0 saturated carbocycles. The molecule has 0 aliphatic carbocycles. The van der Waals surface area contributed by atoms with Crippen molar-refractivity contribution in [3.05, 3.63) is 29.3 Å². The second kappa shape index (κ2) is 7.12. The lowest BCUT2D eigenvalue weighted by Gasteiger charge is -2.18. The number of nitrogens with zero attached hydrogens (tertiary/aromatic N) is 1. The Morgan fingerprint density at radius 2 is 1.77 bits per heavy atom. The number of rotatable bonds is 4. The van der Waals surface area contributed by atoms with E-state index >= 15 is 0 Å². The number of halogens is 5. The van der Waals surface area contributed by atoms with Crippen molar-refractivity contribution in [3.63, 3.8) is 0 Å². The number of hydrogen-bond donors (Lipinski definition) is 1. The molecule has 0 amide bonds. The van der Waals surface area contributed by atoms with Crippen LogP contribution in [0.5, 0.6) is 0 Å². The van der Waals surface area contributed by atoms with Crippen molar-refractivity contribution in [2.24, 2.45) is 5.92 Å². The van der Waals surface area contributed by atoms with Crippen molar-refractivity contribution in [2.75, 3.05) is 26.7 Å². The first-order valence-electron chi connectivity index (χ1n) is 6.26. The summed E-state index contributed by atoms with van der Waals surface area (Å²) in [7, 11) is -2.93. The fourth-order valence-corrected chi connectivity index (χ4v) is 4.04. The summed E-state index contributed by atoms with van der Waals surface area (Å²) in [4.78, 5) is -1.56. The molecule has 1 heterocycles. The van der Waals surface area contributed by atoms with Crippen LogP contribution in [0.4, 0.5) is 17.6 Å². The van der Waals surface area contributed by atoms with Crippen molar-refractivity contribution in [2.45, 2.75) is 11.3 Å². The van der Waals surface area contributed by atoms with E-state index < -0.39 is 38.2 Å². The highest BCUT2D eigenvalue weighted by Crippen LogP contribution is 2.29. The molecule has 1 N–H and O–H groups in total. The summed E-state index contributed by atoms with van der Waals surface area (Å²) in [5.41, 5.74) is 0. The third-order valence-electron chi connectivity index (χ3n) is 3.41. The quantitative estimate of drug-likeness (QED) is 0.657. The molecule has 0 radical (unpaired) electrons. The third-order valence-corrected chi connectivity index (χ3v) is 5.30. The lowest BCUT2D eigenvalue weighted by atomic mass is 10.1. The summed E-state index contributed by atoms with van der Waals surface area (Å²) < 4.78 is 78.9. The van der Waals surface area contributed by atoms with Crippen molar-refractivity contribution >= 4 is 22.4 Å². The molecule has 126 valence electrons. The largest absolute Gasteiger partial charge is 0.319 e. The number of benzene rings is 1. The van der Waals surface area contributed by atoms with Crippen molar-refractivity contribution in [1.29, 1.82) is 0 Å². The first kappa shape index (κ1) is 19.1. The molecule has 1 aromatic carbocycles. The van der Waals surface area contributed by atoms with Crippen LogP contribution in [0.25, 0.3) is 0 Å². The summed E-state index contributed by atoms with van der Waals surface area (Å²) >= 11 is 0. The van der Waals surface area contributed by atoms with Crippen LogP contribution in [0.15, 0.2) is 11.0 Å². The molecule has 22 heavy (non-hydrogen) atoms. The zero-order valence-electron chi connectivity index (χ0n) is 11.6. The molecule has 1 saturated heterocycles. The van der Waals surface area contributed by atoms with E-state index in [2.05, 4.69) is 5.32 Å². The zero-order valence-corrected chi connectivity index (χ0v) is 13.2. The lowest BCUT2D eigenvalue weighted by molar-refractivity contribution is 0.401. The SMILES string of the molecule is CNCC1CCN(S(=O)(=O)c2c(F)c(F)cc(F)c2F)C1.Cl. The molecule has 1 aliphatic heterocycles.